The van der Waals surface area contributed by atoms with E-state index in [0.717, 1.165) is 10.6 Å². The molecule has 0 radical (unpaired) electrons. The van der Waals surface area contributed by atoms with Crippen LogP contribution in [0.15, 0.2) is 18.3 Å². The normalized spacial score (nSPS) is 12.4. The van der Waals surface area contributed by atoms with E-state index in [4.69, 9.17) is 4.74 Å². The highest BCUT2D eigenvalue weighted by Gasteiger charge is 2.39. The van der Waals surface area contributed by atoms with Gasteiger partial charge in [-0.15, -0.1) is 10.2 Å². The zero-order valence-electron chi connectivity index (χ0n) is 14.2. The Morgan fingerprint density at radius 3 is 2.60 bits per heavy atom. The van der Waals surface area contributed by atoms with E-state index in [0.29, 0.717) is 12.9 Å². The van der Waals surface area contributed by atoms with Crippen LogP contribution in [-0.4, -0.2) is 40.7 Å². The number of carbonyl (C=O) groups is 1. The van der Waals surface area contributed by atoms with Crippen molar-refractivity contribution in [2.75, 3.05) is 6.61 Å². The Bertz CT molecular complexity index is 741. The minimum absolute atomic E-state index is 0.00743. The smallest absolute Gasteiger partial charge is 0.361 e. The Morgan fingerprint density at radius 1 is 1.28 bits per heavy atom. The van der Waals surface area contributed by atoms with Crippen LogP contribution in [0.5, 0.6) is 0 Å². The molecule has 2 heterocycles. The number of aldehydes is 1. The summed E-state index contributed by atoms with van der Waals surface area (Å²) in [6.07, 6.45) is -2.84. The minimum Gasteiger partial charge on any atom is -0.361 e. The molecule has 136 valence electrons. The van der Waals surface area contributed by atoms with Gasteiger partial charge in [0.15, 0.2) is 12.1 Å². The molecule has 6 nitrogen and oxygen atoms in total. The van der Waals surface area contributed by atoms with Gasteiger partial charge in [-0.25, -0.2) is 0 Å². The summed E-state index contributed by atoms with van der Waals surface area (Å²) in [6, 6.07) is 3.80. The first-order valence-corrected chi connectivity index (χ1v) is 11.3. The third-order valence-electron chi connectivity index (χ3n) is 3.41. The van der Waals surface area contributed by atoms with Crippen LogP contribution in [0.2, 0.25) is 25.7 Å². The summed E-state index contributed by atoms with van der Waals surface area (Å²) >= 11 is 0. The molecule has 2 aromatic heterocycles. The second-order valence-corrected chi connectivity index (χ2v) is 12.3. The zero-order valence-corrected chi connectivity index (χ0v) is 15.2. The summed E-state index contributed by atoms with van der Waals surface area (Å²) in [7, 11) is -1.37. The number of hydrogen-bond donors (Lipinski definition) is 0. The standard InChI is InChI=1S/C15H19F3N4O2Si/c1-25(2,3)8-7-24-10-22-13(20-21-14(22)15(16,17)18)11-5-4-6-19-12(11)9-23/h4-6,9H,7-8,10H2,1-3H3. The van der Waals surface area contributed by atoms with E-state index in [9.17, 15) is 18.0 Å². The summed E-state index contributed by atoms with van der Waals surface area (Å²) in [5.41, 5.74) is 0.168. The van der Waals surface area contributed by atoms with Crippen LogP contribution in [0.1, 0.15) is 16.3 Å². The van der Waals surface area contributed by atoms with Gasteiger partial charge < -0.3 is 4.74 Å². The van der Waals surface area contributed by atoms with Crippen LogP contribution in [0.25, 0.3) is 11.4 Å². The fraction of sp³-hybridized carbons (Fsp3) is 0.467. The lowest BCUT2D eigenvalue weighted by Crippen LogP contribution is -2.23. The van der Waals surface area contributed by atoms with E-state index in [1.165, 1.54) is 18.3 Å². The van der Waals surface area contributed by atoms with Crippen molar-refractivity contribution in [2.24, 2.45) is 0 Å². The molecule has 0 saturated heterocycles. The first kappa shape index (κ1) is 19.3. The third-order valence-corrected chi connectivity index (χ3v) is 5.12. The number of hydrogen-bond acceptors (Lipinski definition) is 5. The Morgan fingerprint density at radius 2 is 2.00 bits per heavy atom. The first-order chi connectivity index (χ1) is 11.6. The fourth-order valence-corrected chi connectivity index (χ4v) is 2.83. The van der Waals surface area contributed by atoms with E-state index in [1.807, 2.05) is 0 Å². The number of nitrogens with zero attached hydrogens (tertiary/aromatic N) is 4. The molecule has 0 atom stereocenters. The molecule has 0 saturated carbocycles. The Kier molecular flexibility index (Phi) is 5.73. The molecule has 0 aliphatic carbocycles. The minimum atomic E-state index is -4.68. The van der Waals surface area contributed by atoms with Gasteiger partial charge in [-0.2, -0.15) is 13.2 Å². The third kappa shape index (κ3) is 4.95. The summed E-state index contributed by atoms with van der Waals surface area (Å²) in [5.74, 6) is -1.27. The van der Waals surface area contributed by atoms with E-state index >= 15 is 0 Å². The van der Waals surface area contributed by atoms with Crippen LogP contribution in [0, 0.1) is 0 Å². The number of aromatic nitrogens is 4. The zero-order chi connectivity index (χ0) is 18.7. The van der Waals surface area contributed by atoms with Crippen LogP contribution in [0.3, 0.4) is 0 Å². The average molecular weight is 372 g/mol. The molecule has 0 aliphatic rings. The van der Waals surface area contributed by atoms with Crippen LogP contribution in [-0.2, 0) is 17.6 Å². The molecule has 0 bridgehead atoms. The number of rotatable bonds is 7. The van der Waals surface area contributed by atoms with Crippen LogP contribution in [0.4, 0.5) is 13.2 Å². The molecule has 0 aromatic carbocycles. The van der Waals surface area contributed by atoms with Gasteiger partial charge in [-0.1, -0.05) is 19.6 Å². The monoisotopic (exact) mass is 372 g/mol. The first-order valence-electron chi connectivity index (χ1n) is 7.62. The fourth-order valence-electron chi connectivity index (χ4n) is 2.07. The van der Waals surface area contributed by atoms with Crippen molar-refractivity contribution in [3.63, 3.8) is 0 Å². The second kappa shape index (κ2) is 7.44. The van der Waals surface area contributed by atoms with Gasteiger partial charge in [-0.05, 0) is 18.2 Å². The topological polar surface area (TPSA) is 69.9 Å². The maximum atomic E-state index is 13.2. The van der Waals surface area contributed by atoms with Gasteiger partial charge in [0.2, 0.25) is 5.82 Å². The second-order valence-electron chi connectivity index (χ2n) is 6.68. The van der Waals surface area contributed by atoms with Crippen molar-refractivity contribution >= 4 is 14.4 Å². The highest BCUT2D eigenvalue weighted by Crippen LogP contribution is 2.31. The molecule has 0 amide bonds. The van der Waals surface area contributed by atoms with Crippen molar-refractivity contribution in [3.8, 4) is 11.4 Å². The lowest BCUT2D eigenvalue weighted by atomic mass is 10.2. The van der Waals surface area contributed by atoms with Crippen molar-refractivity contribution in [1.29, 1.82) is 0 Å². The largest absolute Gasteiger partial charge is 0.451 e. The van der Waals surface area contributed by atoms with Gasteiger partial charge in [0.25, 0.3) is 0 Å². The van der Waals surface area contributed by atoms with Gasteiger partial charge in [-0.3, -0.25) is 14.3 Å². The lowest BCUT2D eigenvalue weighted by molar-refractivity contribution is -0.149. The molecule has 0 fully saturated rings. The van der Waals surface area contributed by atoms with Gasteiger partial charge in [0.05, 0.1) is 0 Å². The van der Waals surface area contributed by atoms with Gasteiger partial charge >= 0.3 is 6.18 Å². The van der Waals surface area contributed by atoms with Gasteiger partial charge in [0.1, 0.15) is 12.4 Å². The quantitative estimate of drug-likeness (QED) is 0.423. The molecule has 2 rings (SSSR count). The van der Waals surface area contributed by atoms with Gasteiger partial charge in [0, 0.05) is 26.4 Å². The maximum Gasteiger partial charge on any atom is 0.451 e. The highest BCUT2D eigenvalue weighted by molar-refractivity contribution is 6.76. The Hall–Kier alpha value is -2.07. The number of carbonyl (C=O) groups excluding carboxylic acids is 1. The van der Waals surface area contributed by atoms with Crippen molar-refractivity contribution < 1.29 is 22.7 Å². The predicted octanol–water partition coefficient (Wildman–Crippen LogP) is 3.48. The maximum absolute atomic E-state index is 13.2. The number of alkyl halides is 3. The van der Waals surface area contributed by atoms with E-state index < -0.39 is 20.1 Å². The Balaban J connectivity index is 2.34. The highest BCUT2D eigenvalue weighted by atomic mass is 28.3. The number of pyridine rings is 1. The molecule has 0 unspecified atom stereocenters. The molecule has 0 aliphatic heterocycles. The van der Waals surface area contributed by atoms with Crippen molar-refractivity contribution in [2.45, 2.75) is 38.6 Å². The molecule has 10 heteroatoms. The number of halogens is 3. The van der Waals surface area contributed by atoms with Crippen LogP contribution < -0.4 is 0 Å². The molecule has 0 spiro atoms. The summed E-state index contributed by atoms with van der Waals surface area (Å²) in [4.78, 5) is 15.0. The van der Waals surface area contributed by atoms with Crippen LogP contribution >= 0.6 is 0 Å². The summed E-state index contributed by atoms with van der Waals surface area (Å²) in [6.45, 7) is 6.43. The number of ether oxygens (including phenoxy) is 1. The predicted molar refractivity (Wildman–Crippen MR) is 87.7 cm³/mol. The summed E-state index contributed by atoms with van der Waals surface area (Å²) in [5, 5.41) is 6.85. The molecule has 0 N–H and O–H groups in total. The van der Waals surface area contributed by atoms with Crippen molar-refractivity contribution in [1.82, 2.24) is 19.7 Å². The molecule has 2 aromatic rings. The van der Waals surface area contributed by atoms with E-state index in [2.05, 4.69) is 34.8 Å². The Labute approximate surface area is 144 Å². The lowest BCUT2D eigenvalue weighted by Gasteiger charge is -2.17. The van der Waals surface area contributed by atoms with E-state index in [1.54, 1.807) is 0 Å². The van der Waals surface area contributed by atoms with E-state index in [-0.39, 0.29) is 23.8 Å². The average Bonchev–Trinajstić information content (AvgIpc) is 2.94. The SMILES string of the molecule is C[Si](C)(C)CCOCn1c(-c2cccnc2C=O)nnc1C(F)(F)F. The molecular weight excluding hydrogens is 353 g/mol. The molecular formula is C15H19F3N4O2Si. The summed E-state index contributed by atoms with van der Waals surface area (Å²) < 4.78 is 45.9. The molecule has 25 heavy (non-hydrogen) atoms. The van der Waals surface area contributed by atoms with Crippen molar-refractivity contribution in [3.05, 3.63) is 29.8 Å².